The second-order valence-corrected chi connectivity index (χ2v) is 8.79. The molecule has 2 heterocycles. The first-order valence-corrected chi connectivity index (χ1v) is 11.5. The number of nitrogens with one attached hydrogen (secondary N) is 2. The molecule has 0 fully saturated rings. The van der Waals surface area contributed by atoms with Gasteiger partial charge in [-0.05, 0) is 0 Å². The van der Waals surface area contributed by atoms with Gasteiger partial charge in [0.25, 0.3) is 0 Å². The maximum Gasteiger partial charge on any atom is 0.236 e. The first kappa shape index (κ1) is 21.1. The Hall–Kier alpha value is -1.18. The van der Waals surface area contributed by atoms with Gasteiger partial charge in [-0.1, -0.05) is 0 Å². The third kappa shape index (κ3) is 8.01. The van der Waals surface area contributed by atoms with E-state index in [9.17, 15) is 19.8 Å². The van der Waals surface area contributed by atoms with Crippen molar-refractivity contribution in [1.82, 2.24) is 9.97 Å². The van der Waals surface area contributed by atoms with E-state index in [4.69, 9.17) is 0 Å². The number of hydrogen-bond donors (Lipinski definition) is 4. The molecule has 0 bridgehead atoms. The number of carbonyl (C=O) groups excluding carboxylic acids is 2. The summed E-state index contributed by atoms with van der Waals surface area (Å²) in [7, 11) is 0. The van der Waals surface area contributed by atoms with Gasteiger partial charge in [0.15, 0.2) is 10.3 Å². The number of amides is 2. The lowest BCUT2D eigenvalue weighted by Crippen LogP contribution is -2.31. The van der Waals surface area contributed by atoms with Crippen molar-refractivity contribution in [1.29, 1.82) is 0 Å². The van der Waals surface area contributed by atoms with Crippen LogP contribution in [0.4, 0.5) is 10.3 Å². The van der Waals surface area contributed by atoms with E-state index in [-0.39, 0.29) is 34.8 Å². The summed E-state index contributed by atoms with van der Waals surface area (Å²) >= 11 is 5.10. The molecule has 142 valence electrons. The van der Waals surface area contributed by atoms with Crippen LogP contribution in [-0.4, -0.2) is 67.2 Å². The fourth-order valence-electron chi connectivity index (χ4n) is 1.65. The van der Waals surface area contributed by atoms with Crippen LogP contribution in [0, 0.1) is 0 Å². The van der Waals surface area contributed by atoms with E-state index < -0.39 is 12.2 Å². The summed E-state index contributed by atoms with van der Waals surface area (Å²) in [4.78, 5) is 31.3. The van der Waals surface area contributed by atoms with Gasteiger partial charge < -0.3 is 20.8 Å². The fraction of sp³-hybridized carbons (Fsp3) is 0.429. The Morgan fingerprint density at radius 1 is 0.923 bits per heavy atom. The predicted molar refractivity (Wildman–Crippen MR) is 108 cm³/mol. The first-order valence-electron chi connectivity index (χ1n) is 7.45. The number of carbonyl (C=O) groups is 2. The fourth-order valence-corrected chi connectivity index (χ4v) is 4.42. The van der Waals surface area contributed by atoms with Gasteiger partial charge in [-0.2, -0.15) is 0 Å². The van der Waals surface area contributed by atoms with Crippen molar-refractivity contribution in [3.05, 3.63) is 23.2 Å². The minimum Gasteiger partial charge on any atom is -0.390 e. The van der Waals surface area contributed by atoms with Gasteiger partial charge in [-0.25, -0.2) is 9.97 Å². The molecule has 0 aliphatic heterocycles. The topological polar surface area (TPSA) is 124 Å². The normalized spacial score (nSPS) is 13.2. The summed E-state index contributed by atoms with van der Waals surface area (Å²) in [5.74, 6) is 0.343. The highest BCUT2D eigenvalue weighted by Crippen LogP contribution is 2.15. The molecular formula is C14H18N4O4S4. The highest BCUT2D eigenvalue weighted by Gasteiger charge is 2.18. The van der Waals surface area contributed by atoms with E-state index in [1.807, 2.05) is 0 Å². The lowest BCUT2D eigenvalue weighted by atomic mass is 10.3. The van der Waals surface area contributed by atoms with Gasteiger partial charge in [-0.15, -0.1) is 46.2 Å². The van der Waals surface area contributed by atoms with E-state index in [0.717, 1.165) is 0 Å². The summed E-state index contributed by atoms with van der Waals surface area (Å²) in [6.45, 7) is 0. The van der Waals surface area contributed by atoms with Crippen LogP contribution >= 0.6 is 46.2 Å². The molecule has 2 aromatic rings. The zero-order valence-electron chi connectivity index (χ0n) is 13.5. The first-order chi connectivity index (χ1) is 12.5. The quantitative estimate of drug-likeness (QED) is 0.418. The number of aromatic nitrogens is 2. The van der Waals surface area contributed by atoms with Gasteiger partial charge in [0.1, 0.15) is 0 Å². The van der Waals surface area contributed by atoms with Crippen molar-refractivity contribution < 1.29 is 19.8 Å². The molecule has 2 amide bonds. The monoisotopic (exact) mass is 434 g/mol. The summed E-state index contributed by atoms with van der Waals surface area (Å²) in [5, 5.41) is 29.7. The van der Waals surface area contributed by atoms with Gasteiger partial charge in [0.2, 0.25) is 11.8 Å². The Morgan fingerprint density at radius 3 is 1.69 bits per heavy atom. The van der Waals surface area contributed by atoms with Crippen LogP contribution in [0.1, 0.15) is 0 Å². The third-order valence-electron chi connectivity index (χ3n) is 2.85. The number of aliphatic hydroxyl groups excluding tert-OH is 2. The minimum absolute atomic E-state index is 0.159. The molecule has 2 aromatic heterocycles. The van der Waals surface area contributed by atoms with Crippen LogP contribution < -0.4 is 10.6 Å². The Kier molecular flexibility index (Phi) is 9.36. The Morgan fingerprint density at radius 2 is 1.35 bits per heavy atom. The van der Waals surface area contributed by atoms with E-state index in [0.29, 0.717) is 10.3 Å². The van der Waals surface area contributed by atoms with Crippen LogP contribution in [0.2, 0.25) is 0 Å². The number of hydrogen-bond acceptors (Lipinski definition) is 10. The lowest BCUT2D eigenvalue weighted by molar-refractivity contribution is -0.114. The maximum absolute atomic E-state index is 11.7. The number of thiazole rings is 2. The van der Waals surface area contributed by atoms with Crippen molar-refractivity contribution in [2.45, 2.75) is 12.2 Å². The Balaban J connectivity index is 1.54. The van der Waals surface area contributed by atoms with Crippen molar-refractivity contribution in [2.75, 3.05) is 33.6 Å². The average molecular weight is 435 g/mol. The van der Waals surface area contributed by atoms with Crippen molar-refractivity contribution in [2.24, 2.45) is 0 Å². The molecule has 8 nitrogen and oxygen atoms in total. The number of thioether (sulfide) groups is 2. The van der Waals surface area contributed by atoms with Crippen LogP contribution in [0.5, 0.6) is 0 Å². The Bertz CT molecular complexity index is 610. The van der Waals surface area contributed by atoms with E-state index >= 15 is 0 Å². The van der Waals surface area contributed by atoms with Crippen LogP contribution in [0.15, 0.2) is 23.2 Å². The number of nitrogens with zero attached hydrogens (tertiary/aromatic N) is 2. The molecule has 2 atom stereocenters. The predicted octanol–water partition coefficient (Wildman–Crippen LogP) is 1.36. The molecular weight excluding hydrogens is 416 g/mol. The number of rotatable bonds is 11. The van der Waals surface area contributed by atoms with E-state index in [1.54, 1.807) is 23.2 Å². The van der Waals surface area contributed by atoms with Crippen molar-refractivity contribution in [3.63, 3.8) is 0 Å². The largest absolute Gasteiger partial charge is 0.390 e. The van der Waals surface area contributed by atoms with Gasteiger partial charge in [0, 0.05) is 34.7 Å². The number of anilines is 2. The number of aliphatic hydroxyl groups is 2. The molecule has 12 heteroatoms. The van der Waals surface area contributed by atoms with Crippen molar-refractivity contribution in [3.8, 4) is 0 Å². The minimum atomic E-state index is -0.970. The molecule has 0 aromatic carbocycles. The summed E-state index contributed by atoms with van der Waals surface area (Å²) in [5.41, 5.74) is 0. The lowest BCUT2D eigenvalue weighted by Gasteiger charge is -2.16. The van der Waals surface area contributed by atoms with E-state index in [1.165, 1.54) is 46.2 Å². The molecule has 26 heavy (non-hydrogen) atoms. The molecule has 0 saturated carbocycles. The third-order valence-corrected chi connectivity index (χ3v) is 6.31. The molecule has 4 N–H and O–H groups in total. The average Bonchev–Trinajstić information content (AvgIpc) is 3.28. The zero-order valence-corrected chi connectivity index (χ0v) is 16.8. The molecule has 0 spiro atoms. The molecule has 0 aliphatic carbocycles. The molecule has 0 unspecified atom stereocenters. The van der Waals surface area contributed by atoms with Crippen LogP contribution in [0.25, 0.3) is 0 Å². The molecule has 0 radical (unpaired) electrons. The van der Waals surface area contributed by atoms with Crippen LogP contribution in [-0.2, 0) is 9.59 Å². The summed E-state index contributed by atoms with van der Waals surface area (Å²) < 4.78 is 0. The Labute approximate surface area is 166 Å². The van der Waals surface area contributed by atoms with Crippen molar-refractivity contribution >= 4 is 68.3 Å². The highest BCUT2D eigenvalue weighted by molar-refractivity contribution is 8.00. The van der Waals surface area contributed by atoms with Gasteiger partial charge in [0.05, 0.1) is 23.7 Å². The molecule has 2 rings (SSSR count). The molecule has 0 aliphatic rings. The van der Waals surface area contributed by atoms with E-state index in [2.05, 4.69) is 20.6 Å². The second-order valence-electron chi connectivity index (χ2n) is 4.94. The summed E-state index contributed by atoms with van der Waals surface area (Å²) in [6.07, 6.45) is 1.26. The smallest absolute Gasteiger partial charge is 0.236 e. The SMILES string of the molecule is O=C(CSC[C@@H](O)[C@H](O)CSCC(=O)Nc1nccs1)Nc1nccs1. The van der Waals surface area contributed by atoms with Gasteiger partial charge >= 0.3 is 0 Å². The summed E-state index contributed by atoms with van der Waals surface area (Å²) in [6, 6.07) is 0. The second kappa shape index (κ2) is 11.5. The maximum atomic E-state index is 11.7. The molecule has 0 saturated heterocycles. The standard InChI is InChI=1S/C14H18N4O4S4/c19-9(5-23-7-11(21)17-13-15-1-3-25-13)10(20)6-24-8-12(22)18-14-16-2-4-26-14/h1-4,9-10,19-20H,5-8H2,(H,15,17,21)(H,16,18,22)/t9-,10-/m1/s1. The van der Waals surface area contributed by atoms with Crippen LogP contribution in [0.3, 0.4) is 0 Å². The van der Waals surface area contributed by atoms with Gasteiger partial charge in [-0.3, -0.25) is 9.59 Å². The highest BCUT2D eigenvalue weighted by atomic mass is 32.2. The zero-order chi connectivity index (χ0) is 18.8.